The molecule has 1 saturated heterocycles. The van der Waals surface area contributed by atoms with E-state index in [0.29, 0.717) is 33.4 Å². The van der Waals surface area contributed by atoms with Crippen molar-refractivity contribution in [2.75, 3.05) is 18.0 Å². The Hall–Kier alpha value is -4.39. The summed E-state index contributed by atoms with van der Waals surface area (Å²) in [4.78, 5) is 40.3. The highest BCUT2D eigenvalue weighted by Crippen LogP contribution is 2.35. The average Bonchev–Trinajstić information content (AvgIpc) is 3.41. The van der Waals surface area contributed by atoms with Crippen molar-refractivity contribution in [3.63, 3.8) is 0 Å². The summed E-state index contributed by atoms with van der Waals surface area (Å²) >= 11 is 0. The largest absolute Gasteiger partial charge is 0.440 e. The summed E-state index contributed by atoms with van der Waals surface area (Å²) in [5.41, 5.74) is 1.01. The van der Waals surface area contributed by atoms with E-state index in [-0.39, 0.29) is 23.2 Å². The van der Waals surface area contributed by atoms with Gasteiger partial charge >= 0.3 is 11.6 Å². The minimum Gasteiger partial charge on any atom is -0.440 e. The van der Waals surface area contributed by atoms with Crippen LogP contribution < -0.4 is 20.7 Å². The fourth-order valence-electron chi connectivity index (χ4n) is 5.08. The van der Waals surface area contributed by atoms with Crippen molar-refractivity contribution >= 4 is 44.6 Å². The monoisotopic (exact) mass is 481 g/mol. The molecule has 5 aromatic rings. The number of hydrogen-bond acceptors (Lipinski definition) is 7. The zero-order valence-corrected chi connectivity index (χ0v) is 19.7. The first-order valence-electron chi connectivity index (χ1n) is 12.0. The second kappa shape index (κ2) is 8.68. The molecule has 7 nitrogen and oxygen atoms in total. The topological polar surface area (TPSA) is 90.0 Å². The van der Waals surface area contributed by atoms with Crippen LogP contribution in [0, 0.1) is 0 Å². The van der Waals surface area contributed by atoms with E-state index in [2.05, 4.69) is 4.90 Å². The number of carbonyl (C=O) groups is 1. The second-order valence-electron chi connectivity index (χ2n) is 9.05. The van der Waals surface area contributed by atoms with Gasteiger partial charge in [-0.1, -0.05) is 30.3 Å². The van der Waals surface area contributed by atoms with E-state index in [1.54, 1.807) is 18.2 Å². The lowest BCUT2D eigenvalue weighted by molar-refractivity contribution is -0.131. The molecule has 0 bridgehead atoms. The van der Waals surface area contributed by atoms with Crippen LogP contribution in [0.1, 0.15) is 30.9 Å². The number of nitrogens with zero attached hydrogens (tertiary/aromatic N) is 1. The molecule has 6 rings (SSSR count). The van der Waals surface area contributed by atoms with E-state index >= 15 is 0 Å². The van der Waals surface area contributed by atoms with Gasteiger partial charge in [0.2, 0.25) is 5.88 Å². The quantitative estimate of drug-likeness (QED) is 0.151. The van der Waals surface area contributed by atoms with Crippen LogP contribution >= 0.6 is 0 Å². The van der Waals surface area contributed by atoms with Crippen LogP contribution in [0.5, 0.6) is 5.75 Å². The summed E-state index contributed by atoms with van der Waals surface area (Å²) in [6.45, 7) is 2.86. The highest BCUT2D eigenvalue weighted by Gasteiger charge is 2.26. The van der Waals surface area contributed by atoms with Crippen LogP contribution in [0.4, 0.5) is 5.88 Å². The lowest BCUT2D eigenvalue weighted by Crippen LogP contribution is -2.24. The highest BCUT2D eigenvalue weighted by atomic mass is 16.5. The van der Waals surface area contributed by atoms with Crippen molar-refractivity contribution in [3.05, 3.63) is 92.4 Å². The number of fused-ring (bicyclic) bond motifs is 4. The molecule has 2 aromatic heterocycles. The zero-order valence-electron chi connectivity index (χ0n) is 19.7. The van der Waals surface area contributed by atoms with Crippen LogP contribution in [-0.2, 0) is 11.2 Å². The Morgan fingerprint density at radius 3 is 2.44 bits per heavy atom. The third-order valence-corrected chi connectivity index (χ3v) is 6.71. The van der Waals surface area contributed by atoms with Gasteiger partial charge in [0.05, 0.1) is 10.9 Å². The van der Waals surface area contributed by atoms with Gasteiger partial charge in [-0.05, 0) is 47.9 Å². The third-order valence-electron chi connectivity index (χ3n) is 6.71. The van der Waals surface area contributed by atoms with Crippen molar-refractivity contribution in [3.8, 4) is 5.75 Å². The summed E-state index contributed by atoms with van der Waals surface area (Å²) in [6.07, 6.45) is 2.07. The average molecular weight is 482 g/mol. The molecule has 1 aliphatic rings. The van der Waals surface area contributed by atoms with E-state index in [0.717, 1.165) is 36.7 Å². The van der Waals surface area contributed by atoms with Gasteiger partial charge in [-0.15, -0.1) is 0 Å². The van der Waals surface area contributed by atoms with E-state index in [1.807, 2.05) is 36.4 Å². The molecule has 3 aromatic carbocycles. The second-order valence-corrected chi connectivity index (χ2v) is 9.05. The molecule has 0 saturated carbocycles. The van der Waals surface area contributed by atoms with E-state index in [4.69, 9.17) is 13.6 Å². The first-order valence-corrected chi connectivity index (χ1v) is 12.0. The molecule has 36 heavy (non-hydrogen) atoms. The number of hydrogen-bond donors (Lipinski definition) is 0. The molecular weight excluding hydrogens is 458 g/mol. The summed E-state index contributed by atoms with van der Waals surface area (Å²) in [5.74, 6) is 0.240. The maximum Gasteiger partial charge on any atom is 0.336 e. The van der Waals surface area contributed by atoms with Crippen molar-refractivity contribution in [1.29, 1.82) is 0 Å². The number of carbonyl (C=O) groups excluding carboxylic acids is 1. The van der Waals surface area contributed by atoms with Crippen molar-refractivity contribution in [1.82, 2.24) is 0 Å². The molecule has 0 amide bonds. The van der Waals surface area contributed by atoms with Crippen molar-refractivity contribution in [2.24, 2.45) is 0 Å². The van der Waals surface area contributed by atoms with Crippen molar-refractivity contribution in [2.45, 2.75) is 26.2 Å². The number of ether oxygens (including phenoxy) is 1. The lowest BCUT2D eigenvalue weighted by atomic mass is 9.98. The molecule has 1 fully saturated rings. The molecule has 1 aliphatic heterocycles. The summed E-state index contributed by atoms with van der Waals surface area (Å²) in [5, 5.41) is 2.91. The summed E-state index contributed by atoms with van der Waals surface area (Å²) in [7, 11) is 0. The first kappa shape index (κ1) is 22.1. The molecule has 0 spiro atoms. The normalized spacial score (nSPS) is 13.6. The Balaban J connectivity index is 1.66. The molecule has 0 N–H and O–H groups in total. The number of benzene rings is 3. The van der Waals surface area contributed by atoms with Gasteiger partial charge in [0, 0.05) is 43.5 Å². The van der Waals surface area contributed by atoms with Gasteiger partial charge in [0.1, 0.15) is 16.9 Å². The Bertz CT molecular complexity index is 1780. The molecule has 3 heterocycles. The molecule has 7 heteroatoms. The van der Waals surface area contributed by atoms with Gasteiger partial charge in [-0.25, -0.2) is 4.79 Å². The van der Waals surface area contributed by atoms with Crippen molar-refractivity contribution < 1.29 is 18.4 Å². The van der Waals surface area contributed by atoms with Gasteiger partial charge in [0.15, 0.2) is 5.43 Å². The molecule has 0 unspecified atom stereocenters. The van der Waals surface area contributed by atoms with Gasteiger partial charge in [0.25, 0.3) is 0 Å². The van der Waals surface area contributed by atoms with Crippen LogP contribution in [0.25, 0.3) is 32.7 Å². The Kier molecular flexibility index (Phi) is 5.33. The molecule has 180 valence electrons. The molecular formula is C29H23NO6. The van der Waals surface area contributed by atoms with Crippen LogP contribution in [0.3, 0.4) is 0 Å². The van der Waals surface area contributed by atoms with Crippen LogP contribution in [-0.4, -0.2) is 19.1 Å². The Morgan fingerprint density at radius 2 is 1.64 bits per heavy atom. The summed E-state index contributed by atoms with van der Waals surface area (Å²) < 4.78 is 17.5. The Morgan fingerprint density at radius 1 is 0.889 bits per heavy atom. The van der Waals surface area contributed by atoms with Gasteiger partial charge < -0.3 is 18.5 Å². The Labute approximate surface area is 205 Å². The van der Waals surface area contributed by atoms with Crippen LogP contribution in [0.15, 0.2) is 79.1 Å². The van der Waals surface area contributed by atoms with E-state index < -0.39 is 11.6 Å². The fraction of sp³-hybridized carbons (Fsp3) is 0.207. The molecule has 0 aliphatic carbocycles. The molecule has 0 radical (unpaired) electrons. The smallest absolute Gasteiger partial charge is 0.336 e. The number of rotatable bonds is 4. The fourth-order valence-corrected chi connectivity index (χ4v) is 5.08. The highest BCUT2D eigenvalue weighted by molar-refractivity contribution is 6.06. The molecule has 0 atom stereocenters. The van der Waals surface area contributed by atoms with E-state index in [1.165, 1.54) is 13.0 Å². The number of esters is 1. The predicted octanol–water partition coefficient (Wildman–Crippen LogP) is 5.17. The minimum atomic E-state index is -0.528. The minimum absolute atomic E-state index is 0.0697. The first-order chi connectivity index (χ1) is 17.5. The predicted molar refractivity (Wildman–Crippen MR) is 138 cm³/mol. The number of anilines is 1. The maximum atomic E-state index is 14.2. The maximum absolute atomic E-state index is 14.2. The van der Waals surface area contributed by atoms with Crippen LogP contribution in [0.2, 0.25) is 0 Å². The zero-order chi connectivity index (χ0) is 24.8. The summed E-state index contributed by atoms with van der Waals surface area (Å²) in [6, 6.07) is 17.9. The standard InChI is InChI=1S/C29H23NO6/c1-17(31)34-23-11-9-19-10-13-25(32)36-28(19)21(23)16-22-27(33)26-20-7-3-2-6-18(20)8-12-24(26)35-29(22)30-14-4-5-15-30/h2-3,6-13H,4-5,14-16H2,1H3. The van der Waals surface area contributed by atoms with Gasteiger partial charge in [-0.2, -0.15) is 0 Å². The van der Waals surface area contributed by atoms with E-state index in [9.17, 15) is 14.4 Å². The van der Waals surface area contributed by atoms with Gasteiger partial charge in [-0.3, -0.25) is 9.59 Å². The third kappa shape index (κ3) is 3.73. The SMILES string of the molecule is CC(=O)Oc1ccc2ccc(=O)oc2c1Cc1c(N2CCCC2)oc2ccc3ccccc3c2c1=O. The lowest BCUT2D eigenvalue weighted by Gasteiger charge is -2.21.